The predicted octanol–water partition coefficient (Wildman–Crippen LogP) is 2.09. The fourth-order valence-electron chi connectivity index (χ4n) is 2.45. The first-order chi connectivity index (χ1) is 10.7. The van der Waals surface area contributed by atoms with E-state index in [9.17, 15) is 4.79 Å². The minimum Gasteiger partial charge on any atom is -0.462 e. The molecule has 2 heterocycles. The van der Waals surface area contributed by atoms with Crippen molar-refractivity contribution in [3.63, 3.8) is 0 Å². The second-order valence-corrected chi connectivity index (χ2v) is 5.45. The van der Waals surface area contributed by atoms with E-state index in [1.807, 2.05) is 0 Å². The number of pyridine rings is 1. The molecular formula is C15H22ClN3O3. The molecule has 0 aromatic carbocycles. The Balaban J connectivity index is 2.18. The molecule has 0 bridgehead atoms. The molecule has 1 aromatic rings. The van der Waals surface area contributed by atoms with E-state index in [4.69, 9.17) is 21.1 Å². The van der Waals surface area contributed by atoms with Crippen molar-refractivity contribution in [3.8, 4) is 0 Å². The lowest BCUT2D eigenvalue weighted by atomic mass is 10.0. The van der Waals surface area contributed by atoms with Crippen LogP contribution in [0.5, 0.6) is 0 Å². The number of nitrogens with one attached hydrogen (secondary N) is 2. The van der Waals surface area contributed by atoms with Crippen LogP contribution in [0, 0.1) is 0 Å². The fraction of sp³-hybridized carbons (Fsp3) is 0.600. The molecule has 2 atom stereocenters. The summed E-state index contributed by atoms with van der Waals surface area (Å²) in [6.07, 6.45) is 2.32. The summed E-state index contributed by atoms with van der Waals surface area (Å²) < 4.78 is 10.6. The van der Waals surface area contributed by atoms with Gasteiger partial charge in [-0.15, -0.1) is 0 Å². The third-order valence-electron chi connectivity index (χ3n) is 3.58. The van der Waals surface area contributed by atoms with E-state index in [0.29, 0.717) is 29.6 Å². The van der Waals surface area contributed by atoms with Crippen LogP contribution in [0.15, 0.2) is 12.3 Å². The minimum absolute atomic E-state index is 0.118. The smallest absolute Gasteiger partial charge is 0.341 e. The number of carbonyl (C=O) groups is 1. The summed E-state index contributed by atoms with van der Waals surface area (Å²) in [5, 5.41) is 7.14. The highest BCUT2D eigenvalue weighted by molar-refractivity contribution is 6.29. The number of aromatic nitrogens is 1. The van der Waals surface area contributed by atoms with Gasteiger partial charge in [0.25, 0.3) is 0 Å². The summed E-state index contributed by atoms with van der Waals surface area (Å²) >= 11 is 5.97. The lowest BCUT2D eigenvalue weighted by molar-refractivity contribution is 0.0526. The monoisotopic (exact) mass is 327 g/mol. The maximum Gasteiger partial charge on any atom is 0.341 e. The van der Waals surface area contributed by atoms with Crippen LogP contribution in [0.3, 0.4) is 0 Å². The van der Waals surface area contributed by atoms with Gasteiger partial charge in [0.05, 0.1) is 31.5 Å². The van der Waals surface area contributed by atoms with Gasteiger partial charge in [-0.2, -0.15) is 0 Å². The molecule has 6 nitrogen and oxygen atoms in total. The van der Waals surface area contributed by atoms with Gasteiger partial charge in [0.15, 0.2) is 0 Å². The predicted molar refractivity (Wildman–Crippen MR) is 85.5 cm³/mol. The average molecular weight is 328 g/mol. The molecule has 0 saturated carbocycles. The van der Waals surface area contributed by atoms with Crippen LogP contribution in [-0.2, 0) is 9.47 Å². The molecule has 22 heavy (non-hydrogen) atoms. The maximum absolute atomic E-state index is 12.0. The molecule has 0 aliphatic carbocycles. The normalized spacial score (nSPS) is 19.5. The number of esters is 1. The van der Waals surface area contributed by atoms with E-state index in [0.717, 1.165) is 19.6 Å². The molecule has 122 valence electrons. The second-order valence-electron chi connectivity index (χ2n) is 5.07. The first-order valence-electron chi connectivity index (χ1n) is 7.56. The third-order valence-corrected chi connectivity index (χ3v) is 3.79. The Labute approximate surface area is 135 Å². The molecule has 0 spiro atoms. The zero-order valence-electron chi connectivity index (χ0n) is 12.9. The Morgan fingerprint density at radius 1 is 1.64 bits per heavy atom. The van der Waals surface area contributed by atoms with Crippen LogP contribution in [-0.4, -0.2) is 49.4 Å². The number of nitrogens with zero attached hydrogens (tertiary/aromatic N) is 1. The van der Waals surface area contributed by atoms with Crippen molar-refractivity contribution in [2.45, 2.75) is 32.4 Å². The summed E-state index contributed by atoms with van der Waals surface area (Å²) in [5.41, 5.74) is 1.03. The van der Waals surface area contributed by atoms with Gasteiger partial charge in [0.2, 0.25) is 0 Å². The summed E-state index contributed by atoms with van der Waals surface area (Å²) in [4.78, 5) is 16.0. The van der Waals surface area contributed by atoms with Crippen molar-refractivity contribution in [1.82, 2.24) is 10.3 Å². The molecule has 2 N–H and O–H groups in total. The molecule has 2 rings (SSSR count). The molecule has 1 saturated heterocycles. The Hall–Kier alpha value is -1.37. The molecule has 0 amide bonds. The van der Waals surface area contributed by atoms with Crippen molar-refractivity contribution >= 4 is 23.3 Å². The van der Waals surface area contributed by atoms with Gasteiger partial charge in [0, 0.05) is 18.8 Å². The number of carbonyl (C=O) groups excluding carboxylic acids is 1. The van der Waals surface area contributed by atoms with Crippen LogP contribution in [0.4, 0.5) is 5.69 Å². The van der Waals surface area contributed by atoms with Gasteiger partial charge < -0.3 is 20.1 Å². The van der Waals surface area contributed by atoms with Gasteiger partial charge in [0.1, 0.15) is 10.7 Å². The molecule has 1 aliphatic heterocycles. The number of morpholine rings is 1. The largest absolute Gasteiger partial charge is 0.462 e. The van der Waals surface area contributed by atoms with Crippen molar-refractivity contribution in [1.29, 1.82) is 0 Å². The zero-order valence-corrected chi connectivity index (χ0v) is 13.7. The highest BCUT2D eigenvalue weighted by atomic mass is 35.5. The zero-order chi connectivity index (χ0) is 15.9. The number of hydrogen-bond acceptors (Lipinski definition) is 6. The summed E-state index contributed by atoms with van der Waals surface area (Å²) in [6, 6.07) is 1.95. The van der Waals surface area contributed by atoms with E-state index < -0.39 is 5.97 Å². The van der Waals surface area contributed by atoms with Crippen LogP contribution in [0.2, 0.25) is 5.15 Å². The van der Waals surface area contributed by atoms with Gasteiger partial charge in [-0.1, -0.05) is 18.5 Å². The lowest BCUT2D eigenvalue weighted by Gasteiger charge is -2.32. The van der Waals surface area contributed by atoms with Gasteiger partial charge >= 0.3 is 5.97 Å². The molecular weight excluding hydrogens is 306 g/mol. The Morgan fingerprint density at radius 2 is 2.45 bits per heavy atom. The maximum atomic E-state index is 12.0. The van der Waals surface area contributed by atoms with Crippen molar-refractivity contribution in [3.05, 3.63) is 23.0 Å². The minimum atomic E-state index is -0.406. The Bertz CT molecular complexity index is 507. The molecule has 0 radical (unpaired) electrons. The van der Waals surface area contributed by atoms with E-state index in [2.05, 4.69) is 22.5 Å². The van der Waals surface area contributed by atoms with Gasteiger partial charge in [-0.3, -0.25) is 0 Å². The molecule has 1 fully saturated rings. The van der Waals surface area contributed by atoms with E-state index in [1.54, 1.807) is 13.0 Å². The summed E-state index contributed by atoms with van der Waals surface area (Å²) in [7, 11) is 0. The molecule has 2 unspecified atom stereocenters. The van der Waals surface area contributed by atoms with Gasteiger partial charge in [-0.25, -0.2) is 9.78 Å². The number of hydrogen-bond donors (Lipinski definition) is 2. The second kappa shape index (κ2) is 8.31. The van der Waals surface area contributed by atoms with Crippen LogP contribution in [0.25, 0.3) is 0 Å². The summed E-state index contributed by atoms with van der Waals surface area (Å²) in [6.45, 7) is 6.36. The molecule has 1 aromatic heterocycles. The number of anilines is 1. The topological polar surface area (TPSA) is 72.5 Å². The Morgan fingerprint density at radius 3 is 3.09 bits per heavy atom. The first kappa shape index (κ1) is 17.0. The highest BCUT2D eigenvalue weighted by Gasteiger charge is 2.24. The molecule has 1 aliphatic rings. The lowest BCUT2D eigenvalue weighted by Crippen LogP contribution is -2.51. The van der Waals surface area contributed by atoms with Crippen molar-refractivity contribution in [2.75, 3.05) is 31.7 Å². The SMILES string of the molecule is CCOC(=O)c1cnc(Cl)cc1NC(CC)C1COCCN1. The van der Waals surface area contributed by atoms with E-state index in [1.165, 1.54) is 6.20 Å². The van der Waals surface area contributed by atoms with E-state index in [-0.39, 0.29) is 12.1 Å². The Kier molecular flexibility index (Phi) is 6.42. The quantitative estimate of drug-likeness (QED) is 0.616. The average Bonchev–Trinajstić information content (AvgIpc) is 2.53. The molecule has 7 heteroatoms. The summed E-state index contributed by atoms with van der Waals surface area (Å²) in [5.74, 6) is -0.406. The van der Waals surface area contributed by atoms with Crippen LogP contribution >= 0.6 is 11.6 Å². The van der Waals surface area contributed by atoms with Crippen LogP contribution in [0.1, 0.15) is 30.6 Å². The van der Waals surface area contributed by atoms with Crippen molar-refractivity contribution in [2.24, 2.45) is 0 Å². The fourth-order valence-corrected chi connectivity index (χ4v) is 2.61. The van der Waals surface area contributed by atoms with Crippen LogP contribution < -0.4 is 10.6 Å². The standard InChI is InChI=1S/C15H22ClN3O3/c1-3-11(13-9-21-6-5-17-13)19-12-7-14(16)18-8-10(12)15(20)22-4-2/h7-8,11,13,17H,3-6,9H2,1-2H3,(H,18,19). The number of rotatable bonds is 6. The third kappa shape index (κ3) is 4.32. The number of halogens is 1. The van der Waals surface area contributed by atoms with E-state index >= 15 is 0 Å². The highest BCUT2D eigenvalue weighted by Crippen LogP contribution is 2.22. The first-order valence-corrected chi connectivity index (χ1v) is 7.93. The van der Waals surface area contributed by atoms with Crippen molar-refractivity contribution < 1.29 is 14.3 Å². The number of ether oxygens (including phenoxy) is 2. The van der Waals surface area contributed by atoms with Gasteiger partial charge in [-0.05, 0) is 19.4 Å².